The molecule has 0 bridgehead atoms. The Bertz CT molecular complexity index is 224. The molecule has 4 heteroatoms. The van der Waals surface area contributed by atoms with Gasteiger partial charge in [-0.2, -0.15) is 0 Å². The zero-order valence-corrected chi connectivity index (χ0v) is 15.2. The van der Waals surface area contributed by atoms with E-state index in [0.29, 0.717) is 11.1 Å². The van der Waals surface area contributed by atoms with Gasteiger partial charge in [-0.05, 0) is 29.2 Å². The maximum Gasteiger partial charge on any atom is 0.285 e. The molecule has 1 nitrogen and oxygen atoms in total. The van der Waals surface area contributed by atoms with Crippen LogP contribution in [0.15, 0.2) is 0 Å². The Balaban J connectivity index is 5.06. The second kappa shape index (κ2) is 5.13. The van der Waals surface area contributed by atoms with Crippen LogP contribution in [0.2, 0.25) is 29.2 Å². The Morgan fingerprint density at radius 3 is 1.44 bits per heavy atom. The minimum absolute atomic E-state index is 0.240. The fraction of sp³-hybridized carbons (Fsp3) is 1.00. The van der Waals surface area contributed by atoms with Gasteiger partial charge in [0.05, 0.1) is 0 Å². The minimum atomic E-state index is -2.12. The molecule has 0 saturated heterocycles. The highest BCUT2D eigenvalue weighted by Crippen LogP contribution is 2.45. The van der Waals surface area contributed by atoms with E-state index in [2.05, 4.69) is 61.6 Å². The summed E-state index contributed by atoms with van der Waals surface area (Å²) in [5, 5.41) is 0.240. The van der Waals surface area contributed by atoms with E-state index in [1.165, 1.54) is 0 Å². The SMILES string of the molecule is CC(C)[Si](Cl)(O[Si](C)(C)C(C)(C)C)C(C)C. The third kappa shape index (κ3) is 3.59. The maximum atomic E-state index is 6.85. The van der Waals surface area contributed by atoms with E-state index in [1.54, 1.807) is 0 Å². The number of hydrogen-bond acceptors (Lipinski definition) is 1. The number of rotatable bonds is 4. The molecule has 0 aromatic heterocycles. The Hall–Kier alpha value is 0.684. The molecule has 98 valence electrons. The van der Waals surface area contributed by atoms with Crippen molar-refractivity contribution >= 4 is 27.0 Å². The van der Waals surface area contributed by atoms with E-state index < -0.39 is 15.9 Å². The molecule has 16 heavy (non-hydrogen) atoms. The first-order valence-electron chi connectivity index (χ1n) is 6.23. The third-order valence-corrected chi connectivity index (χ3v) is 17.2. The number of hydrogen-bond donors (Lipinski definition) is 0. The van der Waals surface area contributed by atoms with Gasteiger partial charge in [0.1, 0.15) is 0 Å². The van der Waals surface area contributed by atoms with Crippen LogP contribution in [0.25, 0.3) is 0 Å². The van der Waals surface area contributed by atoms with Gasteiger partial charge < -0.3 is 4.12 Å². The van der Waals surface area contributed by atoms with Crippen LogP contribution >= 0.6 is 11.1 Å². The van der Waals surface area contributed by atoms with Crippen molar-refractivity contribution in [2.45, 2.75) is 77.7 Å². The molecule has 0 aromatic rings. The summed E-state index contributed by atoms with van der Waals surface area (Å²) in [6.45, 7) is 20.2. The van der Waals surface area contributed by atoms with Crippen LogP contribution in [0.1, 0.15) is 48.5 Å². The highest BCUT2D eigenvalue weighted by molar-refractivity contribution is 7.20. The van der Waals surface area contributed by atoms with Crippen LogP contribution in [0.4, 0.5) is 0 Å². The predicted octanol–water partition coefficient (Wildman–Crippen LogP) is 5.51. The Morgan fingerprint density at radius 1 is 0.938 bits per heavy atom. The first-order chi connectivity index (χ1) is 6.84. The summed E-state index contributed by atoms with van der Waals surface area (Å²) in [5.74, 6) is 0. The van der Waals surface area contributed by atoms with Gasteiger partial charge in [0.25, 0.3) is 7.63 Å². The molecule has 0 radical (unpaired) electrons. The minimum Gasteiger partial charge on any atom is -0.444 e. The van der Waals surface area contributed by atoms with Crippen LogP contribution in [-0.4, -0.2) is 15.9 Å². The molecular weight excluding hydrogens is 252 g/mol. The van der Waals surface area contributed by atoms with Crippen molar-refractivity contribution < 1.29 is 4.12 Å². The Morgan fingerprint density at radius 2 is 1.25 bits per heavy atom. The van der Waals surface area contributed by atoms with Gasteiger partial charge in [0.15, 0.2) is 8.32 Å². The van der Waals surface area contributed by atoms with Crippen molar-refractivity contribution in [3.05, 3.63) is 0 Å². The average molecular weight is 281 g/mol. The Labute approximate surface area is 109 Å². The zero-order valence-electron chi connectivity index (χ0n) is 12.4. The molecule has 0 aromatic carbocycles. The van der Waals surface area contributed by atoms with Crippen molar-refractivity contribution in [3.63, 3.8) is 0 Å². The van der Waals surface area contributed by atoms with E-state index in [1.807, 2.05) is 0 Å². The largest absolute Gasteiger partial charge is 0.444 e. The lowest BCUT2D eigenvalue weighted by molar-refractivity contribution is 0.471. The molecule has 0 aliphatic carbocycles. The van der Waals surface area contributed by atoms with Crippen molar-refractivity contribution in [3.8, 4) is 0 Å². The summed E-state index contributed by atoms with van der Waals surface area (Å²) in [4.78, 5) is 0. The molecule has 0 unspecified atom stereocenters. The highest BCUT2D eigenvalue weighted by atomic mass is 35.6. The summed E-state index contributed by atoms with van der Waals surface area (Å²) in [6.07, 6.45) is 0. The normalized spacial score (nSPS) is 15.0. The monoisotopic (exact) mass is 280 g/mol. The maximum absolute atomic E-state index is 6.85. The highest BCUT2D eigenvalue weighted by Gasteiger charge is 2.49. The van der Waals surface area contributed by atoms with Gasteiger partial charge >= 0.3 is 0 Å². The van der Waals surface area contributed by atoms with Crippen LogP contribution in [0.3, 0.4) is 0 Å². The summed E-state index contributed by atoms with van der Waals surface area (Å²) >= 11 is 6.85. The van der Waals surface area contributed by atoms with Crippen molar-refractivity contribution in [1.29, 1.82) is 0 Å². The fourth-order valence-electron chi connectivity index (χ4n) is 1.45. The van der Waals surface area contributed by atoms with E-state index in [-0.39, 0.29) is 5.04 Å². The van der Waals surface area contributed by atoms with Gasteiger partial charge in [-0.15, -0.1) is 11.1 Å². The summed E-state index contributed by atoms with van der Waals surface area (Å²) in [6, 6.07) is 0. The van der Waals surface area contributed by atoms with Gasteiger partial charge in [-0.1, -0.05) is 48.5 Å². The molecule has 0 amide bonds. The standard InChI is InChI=1S/C12H29ClOSi2/c1-10(2)16(13,11(3)4)14-15(8,9)12(5,6)7/h10-11H,1-9H3. The molecule has 0 rings (SSSR count). The van der Waals surface area contributed by atoms with Gasteiger partial charge in [0, 0.05) is 0 Å². The second-order valence-electron chi connectivity index (χ2n) is 6.87. The smallest absolute Gasteiger partial charge is 0.285 e. The lowest BCUT2D eigenvalue weighted by Gasteiger charge is -2.45. The van der Waals surface area contributed by atoms with Crippen LogP contribution in [-0.2, 0) is 4.12 Å². The quantitative estimate of drug-likeness (QED) is 0.487. The van der Waals surface area contributed by atoms with Crippen LogP contribution in [0, 0.1) is 0 Å². The predicted molar refractivity (Wildman–Crippen MR) is 80.1 cm³/mol. The molecule has 0 saturated carbocycles. The average Bonchev–Trinajstić information content (AvgIpc) is 2.00. The zero-order chi connectivity index (χ0) is 13.4. The van der Waals surface area contributed by atoms with E-state index >= 15 is 0 Å². The summed E-state index contributed by atoms with van der Waals surface area (Å²) in [5.41, 5.74) is 0.923. The van der Waals surface area contributed by atoms with E-state index in [9.17, 15) is 0 Å². The molecule has 0 fully saturated rings. The van der Waals surface area contributed by atoms with Gasteiger partial charge in [0.2, 0.25) is 0 Å². The first kappa shape index (κ1) is 16.7. The van der Waals surface area contributed by atoms with Crippen molar-refractivity contribution in [2.75, 3.05) is 0 Å². The second-order valence-corrected chi connectivity index (χ2v) is 17.7. The van der Waals surface area contributed by atoms with Crippen molar-refractivity contribution in [1.82, 2.24) is 0 Å². The molecule has 0 spiro atoms. The summed E-state index contributed by atoms with van der Waals surface area (Å²) < 4.78 is 6.56. The first-order valence-corrected chi connectivity index (χ1v) is 12.2. The third-order valence-electron chi connectivity index (χ3n) is 3.79. The summed E-state index contributed by atoms with van der Waals surface area (Å²) in [7, 11) is -3.85. The fourth-order valence-corrected chi connectivity index (χ4v) is 10.8. The molecular formula is C12H29ClOSi2. The molecule has 0 N–H and O–H groups in total. The lowest BCUT2D eigenvalue weighted by Crippen LogP contribution is -2.52. The van der Waals surface area contributed by atoms with Crippen LogP contribution in [0.5, 0.6) is 0 Å². The van der Waals surface area contributed by atoms with Crippen molar-refractivity contribution in [2.24, 2.45) is 0 Å². The molecule has 0 aliphatic heterocycles. The molecule has 0 atom stereocenters. The van der Waals surface area contributed by atoms with Gasteiger partial charge in [-0.3, -0.25) is 0 Å². The molecule has 0 aliphatic rings. The Kier molecular flexibility index (Phi) is 5.35. The molecule has 0 heterocycles. The number of halogens is 1. The van der Waals surface area contributed by atoms with E-state index in [0.717, 1.165) is 0 Å². The lowest BCUT2D eigenvalue weighted by atomic mass is 10.2. The van der Waals surface area contributed by atoms with E-state index in [4.69, 9.17) is 15.2 Å². The topological polar surface area (TPSA) is 9.23 Å². The van der Waals surface area contributed by atoms with Crippen LogP contribution < -0.4 is 0 Å². The van der Waals surface area contributed by atoms with Gasteiger partial charge in [-0.25, -0.2) is 0 Å².